The number of amides is 1. The van der Waals surface area contributed by atoms with Crippen molar-refractivity contribution in [1.29, 1.82) is 0 Å². The highest BCUT2D eigenvalue weighted by atomic mass is 32.1. The normalized spacial score (nSPS) is 14.8. The fraction of sp³-hybridized carbons (Fsp3) is 0.273. The van der Waals surface area contributed by atoms with Crippen LogP contribution in [0.15, 0.2) is 75.7 Å². The van der Waals surface area contributed by atoms with Gasteiger partial charge in [0.15, 0.2) is 4.80 Å². The lowest BCUT2D eigenvalue weighted by molar-refractivity contribution is -0.127. The van der Waals surface area contributed by atoms with Crippen molar-refractivity contribution < 1.29 is 19.4 Å². The molecule has 2 aromatic carbocycles. The van der Waals surface area contributed by atoms with Crippen LogP contribution in [0.2, 0.25) is 0 Å². The smallest absolute Gasteiger partial charge is 0.335 e. The zero-order chi connectivity index (χ0) is 31.0. The van der Waals surface area contributed by atoms with E-state index < -0.39 is 12.0 Å². The summed E-state index contributed by atoms with van der Waals surface area (Å²) in [5.41, 5.74) is 4.97. The molecular weight excluding hydrogens is 564 g/mol. The van der Waals surface area contributed by atoms with Gasteiger partial charge in [-0.05, 0) is 76.6 Å². The van der Waals surface area contributed by atoms with Gasteiger partial charge in [0.25, 0.3) is 11.5 Å². The average molecular weight is 599 g/mol. The standard InChI is InChI=1S/C33H34N4O5S/c1-7-35(8-2)31(39)28-20(4)34-33-37(29(28)25-14-9-10-15-26(25)42-6)30(38)27(43-33)18-23-16-19(3)36(21(23)5)24-13-11-12-22(17-24)32(40)41/h9-18,29H,7-8H2,1-6H3,(H,40,41)/b27-18+/t29-/m0/s1. The second-order valence-electron chi connectivity index (χ2n) is 10.3. The van der Waals surface area contributed by atoms with Gasteiger partial charge in [0.05, 0.1) is 28.5 Å². The number of benzene rings is 2. The quantitative estimate of drug-likeness (QED) is 0.327. The van der Waals surface area contributed by atoms with E-state index >= 15 is 0 Å². The molecule has 9 nitrogen and oxygen atoms in total. The van der Waals surface area contributed by atoms with E-state index in [0.29, 0.717) is 45.0 Å². The van der Waals surface area contributed by atoms with E-state index in [4.69, 9.17) is 9.73 Å². The molecule has 5 rings (SSSR count). The molecule has 1 aliphatic rings. The van der Waals surface area contributed by atoms with Crippen LogP contribution in [-0.2, 0) is 4.79 Å². The number of aryl methyl sites for hydroxylation is 1. The van der Waals surface area contributed by atoms with Crippen LogP contribution in [0.25, 0.3) is 11.8 Å². The predicted molar refractivity (Wildman–Crippen MR) is 167 cm³/mol. The number of rotatable bonds is 8. The molecule has 3 heterocycles. The summed E-state index contributed by atoms with van der Waals surface area (Å²) in [6, 6.07) is 15.5. The van der Waals surface area contributed by atoms with Gasteiger partial charge in [-0.3, -0.25) is 14.2 Å². The van der Waals surface area contributed by atoms with Crippen LogP contribution in [0.1, 0.15) is 59.7 Å². The van der Waals surface area contributed by atoms with E-state index in [0.717, 1.165) is 22.6 Å². The van der Waals surface area contributed by atoms with E-state index in [-0.39, 0.29) is 17.0 Å². The Morgan fingerprint density at radius 2 is 1.79 bits per heavy atom. The molecule has 0 saturated heterocycles. The first-order chi connectivity index (χ1) is 20.6. The number of ether oxygens (including phenoxy) is 1. The first-order valence-corrected chi connectivity index (χ1v) is 14.9. The molecule has 1 N–H and O–H groups in total. The van der Waals surface area contributed by atoms with Crippen molar-refractivity contribution in [3.63, 3.8) is 0 Å². The number of likely N-dealkylation sites (N-methyl/N-ethyl adjacent to an activating group) is 1. The number of aromatic nitrogens is 2. The van der Waals surface area contributed by atoms with E-state index in [2.05, 4.69) is 0 Å². The zero-order valence-corrected chi connectivity index (χ0v) is 25.9. The molecule has 0 radical (unpaired) electrons. The van der Waals surface area contributed by atoms with Crippen molar-refractivity contribution in [2.75, 3.05) is 20.2 Å². The highest BCUT2D eigenvalue weighted by molar-refractivity contribution is 7.07. The third-order valence-electron chi connectivity index (χ3n) is 7.84. The first-order valence-electron chi connectivity index (χ1n) is 14.1. The van der Waals surface area contributed by atoms with E-state index in [1.165, 1.54) is 11.3 Å². The minimum atomic E-state index is -0.996. The Morgan fingerprint density at radius 1 is 1.07 bits per heavy atom. The molecule has 4 aromatic rings. The number of thiazole rings is 1. The number of nitrogens with zero attached hydrogens (tertiary/aromatic N) is 4. The van der Waals surface area contributed by atoms with Crippen LogP contribution in [0.3, 0.4) is 0 Å². The van der Waals surface area contributed by atoms with Gasteiger partial charge in [-0.2, -0.15) is 0 Å². The van der Waals surface area contributed by atoms with Gasteiger partial charge in [-0.15, -0.1) is 0 Å². The van der Waals surface area contributed by atoms with Crippen molar-refractivity contribution in [2.45, 2.75) is 40.7 Å². The van der Waals surface area contributed by atoms with Crippen molar-refractivity contribution >= 4 is 29.3 Å². The molecule has 222 valence electrons. The van der Waals surface area contributed by atoms with Crippen molar-refractivity contribution in [3.8, 4) is 11.4 Å². The monoisotopic (exact) mass is 598 g/mol. The van der Waals surface area contributed by atoms with Crippen LogP contribution >= 0.6 is 11.3 Å². The number of para-hydroxylation sites is 1. The zero-order valence-electron chi connectivity index (χ0n) is 25.0. The topological polar surface area (TPSA) is 106 Å². The summed E-state index contributed by atoms with van der Waals surface area (Å²) in [7, 11) is 1.58. The molecule has 0 spiro atoms. The molecular formula is C33H34N4O5S. The maximum Gasteiger partial charge on any atom is 0.335 e. The van der Waals surface area contributed by atoms with Crippen LogP contribution < -0.4 is 19.6 Å². The Hall–Kier alpha value is -4.70. The Morgan fingerprint density at radius 3 is 2.47 bits per heavy atom. The maximum absolute atomic E-state index is 14.2. The summed E-state index contributed by atoms with van der Waals surface area (Å²) in [5, 5.41) is 9.48. The van der Waals surface area contributed by atoms with Gasteiger partial charge >= 0.3 is 5.97 Å². The molecule has 1 atom stereocenters. The van der Waals surface area contributed by atoms with E-state index in [1.807, 2.05) is 81.7 Å². The van der Waals surface area contributed by atoms with Crippen molar-refractivity contribution in [2.24, 2.45) is 4.99 Å². The minimum absolute atomic E-state index is 0.163. The van der Waals surface area contributed by atoms with Crippen LogP contribution in [0.4, 0.5) is 0 Å². The molecule has 1 aliphatic heterocycles. The summed E-state index contributed by atoms with van der Waals surface area (Å²) in [6.45, 7) is 10.6. The van der Waals surface area contributed by atoms with Gasteiger partial charge in [0.2, 0.25) is 0 Å². The number of allylic oxidation sites excluding steroid dienone is 1. The summed E-state index contributed by atoms with van der Waals surface area (Å²) in [6.07, 6.45) is 1.84. The van der Waals surface area contributed by atoms with Gasteiger partial charge in [-0.1, -0.05) is 35.6 Å². The highest BCUT2D eigenvalue weighted by Crippen LogP contribution is 2.36. The average Bonchev–Trinajstić information content (AvgIpc) is 3.45. The second kappa shape index (κ2) is 11.9. The number of methoxy groups -OCH3 is 1. The Kier molecular flexibility index (Phi) is 8.23. The van der Waals surface area contributed by atoms with Crippen LogP contribution in [0, 0.1) is 13.8 Å². The molecule has 0 bridgehead atoms. The first kappa shape index (κ1) is 29.8. The Balaban J connectivity index is 1.71. The van der Waals surface area contributed by atoms with Gasteiger partial charge < -0.3 is 19.3 Å². The fourth-order valence-corrected chi connectivity index (χ4v) is 6.75. The van der Waals surface area contributed by atoms with Gasteiger partial charge in [0, 0.05) is 35.7 Å². The third kappa shape index (κ3) is 5.23. The van der Waals surface area contributed by atoms with Crippen LogP contribution in [0.5, 0.6) is 5.75 Å². The number of carboxylic acid groups (broad SMARTS) is 1. The lowest BCUT2D eigenvalue weighted by Crippen LogP contribution is -2.43. The summed E-state index contributed by atoms with van der Waals surface area (Å²) < 4.78 is 9.74. The SMILES string of the molecule is CCN(CC)C(=O)C1=C(C)N=c2s/c(=C/c3cc(C)n(-c4cccc(C(=O)O)c4)c3C)c(=O)n2[C@H]1c1ccccc1OC. The number of carbonyl (C=O) groups excluding carboxylic acids is 1. The van der Waals surface area contributed by atoms with E-state index in [9.17, 15) is 19.5 Å². The van der Waals surface area contributed by atoms with Crippen LogP contribution in [-0.4, -0.2) is 51.2 Å². The number of carboxylic acids is 1. The summed E-state index contributed by atoms with van der Waals surface area (Å²) in [5.74, 6) is -0.582. The lowest BCUT2D eigenvalue weighted by Gasteiger charge is -2.29. The number of aromatic carboxylic acids is 1. The molecule has 1 amide bonds. The highest BCUT2D eigenvalue weighted by Gasteiger charge is 2.35. The summed E-state index contributed by atoms with van der Waals surface area (Å²) in [4.78, 5) is 46.6. The maximum atomic E-state index is 14.2. The number of hydrogen-bond donors (Lipinski definition) is 1. The molecule has 0 unspecified atom stereocenters. The molecule has 0 fully saturated rings. The minimum Gasteiger partial charge on any atom is -0.496 e. The number of hydrogen-bond acceptors (Lipinski definition) is 6. The Bertz CT molecular complexity index is 1960. The predicted octanol–water partition coefficient (Wildman–Crippen LogP) is 4.22. The summed E-state index contributed by atoms with van der Waals surface area (Å²) >= 11 is 1.27. The molecule has 43 heavy (non-hydrogen) atoms. The van der Waals surface area contributed by atoms with Crippen molar-refractivity contribution in [1.82, 2.24) is 14.0 Å². The Labute approximate surface area is 253 Å². The molecule has 0 saturated carbocycles. The molecule has 10 heteroatoms. The molecule has 2 aromatic heterocycles. The van der Waals surface area contributed by atoms with E-state index in [1.54, 1.807) is 34.8 Å². The van der Waals surface area contributed by atoms with Gasteiger partial charge in [0.1, 0.15) is 11.8 Å². The second-order valence-corrected chi connectivity index (χ2v) is 11.3. The molecule has 0 aliphatic carbocycles. The van der Waals surface area contributed by atoms with Gasteiger partial charge in [-0.25, -0.2) is 9.79 Å². The fourth-order valence-electron chi connectivity index (χ4n) is 5.71. The lowest BCUT2D eigenvalue weighted by atomic mass is 9.94. The number of fused-ring (bicyclic) bond motifs is 1. The third-order valence-corrected chi connectivity index (χ3v) is 8.83. The van der Waals surface area contributed by atoms with Crippen molar-refractivity contribution in [3.05, 3.63) is 114 Å². The number of carbonyl (C=O) groups is 2. The largest absolute Gasteiger partial charge is 0.496 e.